The number of hydrogen-bond donors (Lipinski definition) is 0. The van der Waals surface area contributed by atoms with Crippen molar-refractivity contribution in [3.63, 3.8) is 0 Å². The van der Waals surface area contributed by atoms with E-state index in [1.165, 1.54) is 35.1 Å². The molecule has 0 saturated heterocycles. The Morgan fingerprint density at radius 2 is 1.18 bits per heavy atom. The molecule has 0 radical (unpaired) electrons. The van der Waals surface area contributed by atoms with E-state index in [2.05, 4.69) is 42.5 Å². The molecular weight excluding hydrogens is 228 g/mol. The van der Waals surface area contributed by atoms with Gasteiger partial charge in [0, 0.05) is 5.02 Å². The van der Waals surface area contributed by atoms with Crippen LogP contribution in [0.25, 0.3) is 11.1 Å². The van der Waals surface area contributed by atoms with Crippen molar-refractivity contribution >= 4 is 22.7 Å². The van der Waals surface area contributed by atoms with Crippen LogP contribution in [0.2, 0.25) is 5.02 Å². The van der Waals surface area contributed by atoms with Gasteiger partial charge in [0.15, 0.2) is 0 Å². The summed E-state index contributed by atoms with van der Waals surface area (Å²) in [6, 6.07) is 18.8. The molecule has 0 unspecified atom stereocenters. The molecule has 0 heterocycles. The summed E-state index contributed by atoms with van der Waals surface area (Å²) in [4.78, 5) is 0. The Morgan fingerprint density at radius 3 is 1.71 bits per heavy atom. The molecule has 0 saturated carbocycles. The molecule has 1 aliphatic carbocycles. The molecule has 1 aliphatic rings. The van der Waals surface area contributed by atoms with E-state index in [-0.39, 0.29) is 0 Å². The van der Waals surface area contributed by atoms with Crippen LogP contribution in [0.1, 0.15) is 24.0 Å². The first-order valence-corrected chi connectivity index (χ1v) is 6.26. The molecule has 0 nitrogen and oxygen atoms in total. The molecule has 0 aromatic heterocycles. The SMILES string of the molecule is Clc1ccc(C2=C(c3ccccc3)CC2)cc1. The van der Waals surface area contributed by atoms with Gasteiger partial charge in [0.25, 0.3) is 0 Å². The van der Waals surface area contributed by atoms with Crippen molar-refractivity contribution in [2.24, 2.45) is 0 Å². The molecule has 0 atom stereocenters. The third-order valence-electron chi connectivity index (χ3n) is 3.30. The van der Waals surface area contributed by atoms with Crippen molar-refractivity contribution in [2.45, 2.75) is 12.8 Å². The molecule has 0 amide bonds. The maximum atomic E-state index is 5.91. The minimum Gasteiger partial charge on any atom is -0.0843 e. The Hall–Kier alpha value is -1.53. The zero-order chi connectivity index (χ0) is 11.7. The van der Waals surface area contributed by atoms with Crippen LogP contribution >= 0.6 is 11.6 Å². The summed E-state index contributed by atoms with van der Waals surface area (Å²) in [6.45, 7) is 0. The first-order valence-electron chi connectivity index (χ1n) is 5.88. The van der Waals surface area contributed by atoms with Crippen LogP contribution in [0.4, 0.5) is 0 Å². The van der Waals surface area contributed by atoms with Gasteiger partial charge in [-0.3, -0.25) is 0 Å². The fourth-order valence-electron chi connectivity index (χ4n) is 2.30. The summed E-state index contributed by atoms with van der Waals surface area (Å²) >= 11 is 5.91. The van der Waals surface area contributed by atoms with Crippen molar-refractivity contribution < 1.29 is 0 Å². The number of hydrogen-bond acceptors (Lipinski definition) is 0. The first kappa shape index (κ1) is 10.6. The predicted octanol–water partition coefficient (Wildman–Crippen LogP) is 5.04. The van der Waals surface area contributed by atoms with Gasteiger partial charge in [-0.15, -0.1) is 0 Å². The Morgan fingerprint density at radius 1 is 0.647 bits per heavy atom. The zero-order valence-electron chi connectivity index (χ0n) is 9.49. The van der Waals surface area contributed by atoms with Crippen LogP contribution in [-0.2, 0) is 0 Å². The molecule has 0 spiro atoms. The fourth-order valence-corrected chi connectivity index (χ4v) is 2.43. The van der Waals surface area contributed by atoms with Gasteiger partial charge in [-0.05, 0) is 47.2 Å². The van der Waals surface area contributed by atoms with Crippen molar-refractivity contribution in [2.75, 3.05) is 0 Å². The number of halogens is 1. The highest BCUT2D eigenvalue weighted by molar-refractivity contribution is 6.30. The average Bonchev–Trinajstić information content (AvgIpc) is 2.32. The van der Waals surface area contributed by atoms with Gasteiger partial charge in [-0.25, -0.2) is 0 Å². The van der Waals surface area contributed by atoms with E-state index < -0.39 is 0 Å². The molecule has 2 aromatic rings. The molecule has 0 N–H and O–H groups in total. The Kier molecular flexibility index (Phi) is 2.74. The fraction of sp³-hybridized carbons (Fsp3) is 0.125. The van der Waals surface area contributed by atoms with Crippen LogP contribution < -0.4 is 0 Å². The summed E-state index contributed by atoms with van der Waals surface area (Å²) in [5.74, 6) is 0. The second-order valence-electron chi connectivity index (χ2n) is 4.33. The van der Waals surface area contributed by atoms with Gasteiger partial charge in [-0.1, -0.05) is 54.1 Å². The zero-order valence-corrected chi connectivity index (χ0v) is 10.2. The van der Waals surface area contributed by atoms with Gasteiger partial charge in [0.2, 0.25) is 0 Å². The van der Waals surface area contributed by atoms with Gasteiger partial charge in [-0.2, -0.15) is 0 Å². The predicted molar refractivity (Wildman–Crippen MR) is 73.9 cm³/mol. The molecule has 1 heteroatoms. The highest BCUT2D eigenvalue weighted by Crippen LogP contribution is 2.42. The second kappa shape index (κ2) is 4.38. The van der Waals surface area contributed by atoms with Gasteiger partial charge >= 0.3 is 0 Å². The molecule has 0 bridgehead atoms. The Bertz CT molecular complexity index is 550. The molecule has 84 valence electrons. The third-order valence-corrected chi connectivity index (χ3v) is 3.56. The normalized spacial score (nSPS) is 14.6. The lowest BCUT2D eigenvalue weighted by Crippen LogP contribution is -2.02. The molecular formula is C16H13Cl. The van der Waals surface area contributed by atoms with E-state index >= 15 is 0 Å². The van der Waals surface area contributed by atoms with E-state index in [0.717, 1.165) is 5.02 Å². The number of allylic oxidation sites excluding steroid dienone is 2. The number of rotatable bonds is 2. The van der Waals surface area contributed by atoms with Crippen LogP contribution in [0.5, 0.6) is 0 Å². The summed E-state index contributed by atoms with van der Waals surface area (Å²) in [5, 5.41) is 0.801. The average molecular weight is 241 g/mol. The van der Waals surface area contributed by atoms with Gasteiger partial charge in [0.05, 0.1) is 0 Å². The van der Waals surface area contributed by atoms with E-state index in [0.29, 0.717) is 0 Å². The van der Waals surface area contributed by atoms with Crippen molar-refractivity contribution in [3.05, 3.63) is 70.7 Å². The van der Waals surface area contributed by atoms with Crippen LogP contribution in [0.3, 0.4) is 0 Å². The molecule has 0 aliphatic heterocycles. The molecule has 3 rings (SSSR count). The van der Waals surface area contributed by atoms with Crippen LogP contribution in [0.15, 0.2) is 54.6 Å². The Balaban J connectivity index is 2.01. The summed E-state index contributed by atoms with van der Waals surface area (Å²) in [5.41, 5.74) is 5.60. The Labute approximate surface area is 107 Å². The third kappa shape index (κ3) is 2.01. The highest BCUT2D eigenvalue weighted by Gasteiger charge is 2.19. The van der Waals surface area contributed by atoms with E-state index in [4.69, 9.17) is 11.6 Å². The lowest BCUT2D eigenvalue weighted by Gasteiger charge is -2.24. The summed E-state index contributed by atoms with van der Waals surface area (Å²) in [7, 11) is 0. The molecule has 0 fully saturated rings. The maximum Gasteiger partial charge on any atom is 0.0406 e. The standard InChI is InChI=1S/C16H13Cl/c17-14-8-6-13(7-9-14)16-11-10-15(16)12-4-2-1-3-5-12/h1-9H,10-11H2. The summed E-state index contributed by atoms with van der Waals surface area (Å²) < 4.78 is 0. The first-order chi connectivity index (χ1) is 8.34. The van der Waals surface area contributed by atoms with E-state index in [1.54, 1.807) is 0 Å². The van der Waals surface area contributed by atoms with Crippen LogP contribution in [0, 0.1) is 0 Å². The van der Waals surface area contributed by atoms with Gasteiger partial charge < -0.3 is 0 Å². The second-order valence-corrected chi connectivity index (χ2v) is 4.77. The highest BCUT2D eigenvalue weighted by atomic mass is 35.5. The van der Waals surface area contributed by atoms with Crippen molar-refractivity contribution in [3.8, 4) is 0 Å². The molecule has 17 heavy (non-hydrogen) atoms. The van der Waals surface area contributed by atoms with E-state index in [1.807, 2.05) is 12.1 Å². The minimum atomic E-state index is 0.801. The summed E-state index contributed by atoms with van der Waals surface area (Å²) in [6.07, 6.45) is 2.35. The van der Waals surface area contributed by atoms with Gasteiger partial charge in [0.1, 0.15) is 0 Å². The lowest BCUT2D eigenvalue weighted by molar-refractivity contribution is 1.01. The maximum absolute atomic E-state index is 5.91. The number of benzene rings is 2. The van der Waals surface area contributed by atoms with E-state index in [9.17, 15) is 0 Å². The van der Waals surface area contributed by atoms with Crippen LogP contribution in [-0.4, -0.2) is 0 Å². The van der Waals surface area contributed by atoms with Crippen molar-refractivity contribution in [1.82, 2.24) is 0 Å². The quantitative estimate of drug-likeness (QED) is 0.690. The topological polar surface area (TPSA) is 0 Å². The molecule has 2 aromatic carbocycles. The lowest BCUT2D eigenvalue weighted by atomic mass is 9.80. The smallest absolute Gasteiger partial charge is 0.0406 e. The largest absolute Gasteiger partial charge is 0.0843 e. The monoisotopic (exact) mass is 240 g/mol. The van der Waals surface area contributed by atoms with Crippen molar-refractivity contribution in [1.29, 1.82) is 0 Å². The minimum absolute atomic E-state index is 0.801.